The van der Waals surface area contributed by atoms with Crippen molar-refractivity contribution in [1.29, 1.82) is 0 Å². The zero-order chi connectivity index (χ0) is 15.0. The lowest BCUT2D eigenvalue weighted by molar-refractivity contribution is 0.237. The first-order valence-electron chi connectivity index (χ1n) is 8.01. The predicted octanol–water partition coefficient (Wildman–Crippen LogP) is 5.01. The molecule has 1 unspecified atom stereocenters. The van der Waals surface area contributed by atoms with Gasteiger partial charge in [0.2, 0.25) is 0 Å². The molecule has 1 aliphatic rings. The van der Waals surface area contributed by atoms with E-state index in [9.17, 15) is 0 Å². The van der Waals surface area contributed by atoms with E-state index >= 15 is 0 Å². The van der Waals surface area contributed by atoms with Gasteiger partial charge in [0.05, 0.1) is 5.38 Å². The van der Waals surface area contributed by atoms with Crippen molar-refractivity contribution in [3.8, 4) is 0 Å². The number of nitrogens with zero attached hydrogens (tertiary/aromatic N) is 3. The summed E-state index contributed by atoms with van der Waals surface area (Å²) in [6, 6.07) is 2.11. The first kappa shape index (κ1) is 14.8. The van der Waals surface area contributed by atoms with Crippen LogP contribution in [0.3, 0.4) is 0 Å². The van der Waals surface area contributed by atoms with Crippen molar-refractivity contribution in [1.82, 2.24) is 14.5 Å². The molecule has 0 amide bonds. The second kappa shape index (κ2) is 5.60. The normalized spacial score (nSPS) is 19.2. The molecule has 4 heteroatoms. The quantitative estimate of drug-likeness (QED) is 0.743. The first-order chi connectivity index (χ1) is 10.0. The van der Waals surface area contributed by atoms with Gasteiger partial charge in [-0.05, 0) is 50.2 Å². The second-order valence-electron chi connectivity index (χ2n) is 6.59. The number of imidazole rings is 1. The molecule has 3 rings (SSSR count). The standard InChI is InChI=1S/C17H24ClN3/c1-4-17(7-5-6-8-17)11-21-15(13(3)18)20-14-9-12(2)10-19-16(14)21/h9-10,13H,4-8,11H2,1-3H3. The summed E-state index contributed by atoms with van der Waals surface area (Å²) in [5.41, 5.74) is 3.51. The van der Waals surface area contributed by atoms with E-state index in [0.717, 1.165) is 29.1 Å². The number of halogens is 1. The molecule has 3 nitrogen and oxygen atoms in total. The second-order valence-corrected chi connectivity index (χ2v) is 7.24. The van der Waals surface area contributed by atoms with Gasteiger partial charge in [0, 0.05) is 12.7 Å². The van der Waals surface area contributed by atoms with E-state index in [1.54, 1.807) is 0 Å². The number of alkyl halides is 1. The molecule has 0 radical (unpaired) electrons. The summed E-state index contributed by atoms with van der Waals surface area (Å²) in [6.07, 6.45) is 8.46. The molecule has 0 aliphatic heterocycles. The number of hydrogen-bond donors (Lipinski definition) is 0. The Bertz CT molecular complexity index is 639. The Morgan fingerprint density at radius 2 is 2.10 bits per heavy atom. The van der Waals surface area contributed by atoms with Crippen molar-refractivity contribution in [2.24, 2.45) is 5.41 Å². The minimum atomic E-state index is -0.0881. The van der Waals surface area contributed by atoms with Gasteiger partial charge in [-0.25, -0.2) is 9.97 Å². The van der Waals surface area contributed by atoms with Crippen LogP contribution in [-0.2, 0) is 6.54 Å². The summed E-state index contributed by atoms with van der Waals surface area (Å²) in [5.74, 6) is 0.962. The van der Waals surface area contributed by atoms with E-state index in [4.69, 9.17) is 16.6 Å². The van der Waals surface area contributed by atoms with Crippen LogP contribution < -0.4 is 0 Å². The molecule has 0 aromatic carbocycles. The summed E-state index contributed by atoms with van der Waals surface area (Å²) in [4.78, 5) is 9.38. The van der Waals surface area contributed by atoms with Gasteiger partial charge >= 0.3 is 0 Å². The van der Waals surface area contributed by atoms with Gasteiger partial charge in [0.15, 0.2) is 5.65 Å². The maximum Gasteiger partial charge on any atom is 0.160 e. The minimum Gasteiger partial charge on any atom is -0.311 e. The number of fused-ring (bicyclic) bond motifs is 1. The lowest BCUT2D eigenvalue weighted by atomic mass is 9.83. The van der Waals surface area contributed by atoms with Crippen molar-refractivity contribution < 1.29 is 0 Å². The van der Waals surface area contributed by atoms with Gasteiger partial charge in [-0.1, -0.05) is 19.8 Å². The van der Waals surface area contributed by atoms with Gasteiger partial charge in [-0.2, -0.15) is 0 Å². The number of aromatic nitrogens is 3. The van der Waals surface area contributed by atoms with Crippen LogP contribution in [0.4, 0.5) is 0 Å². The summed E-state index contributed by atoms with van der Waals surface area (Å²) in [6.45, 7) is 7.37. The van der Waals surface area contributed by atoms with Crippen LogP contribution in [0.5, 0.6) is 0 Å². The monoisotopic (exact) mass is 305 g/mol. The van der Waals surface area contributed by atoms with Gasteiger partial charge in [0.25, 0.3) is 0 Å². The van der Waals surface area contributed by atoms with E-state index in [0.29, 0.717) is 5.41 Å². The SMILES string of the molecule is CCC1(Cn2c(C(C)Cl)nc3cc(C)cnc32)CCCC1. The fraction of sp³-hybridized carbons (Fsp3) is 0.647. The molecule has 2 heterocycles. The molecule has 21 heavy (non-hydrogen) atoms. The van der Waals surface area contributed by atoms with Gasteiger partial charge in [0.1, 0.15) is 11.3 Å². The maximum atomic E-state index is 6.38. The summed E-state index contributed by atoms with van der Waals surface area (Å²) in [7, 11) is 0. The van der Waals surface area contributed by atoms with Crippen LogP contribution in [0, 0.1) is 12.3 Å². The Balaban J connectivity index is 2.09. The molecule has 0 saturated heterocycles. The van der Waals surface area contributed by atoms with Crippen LogP contribution in [0.1, 0.15) is 62.7 Å². The van der Waals surface area contributed by atoms with Gasteiger partial charge in [-0.15, -0.1) is 11.6 Å². The molecule has 114 valence electrons. The smallest absolute Gasteiger partial charge is 0.160 e. The third-order valence-corrected chi connectivity index (χ3v) is 5.21. The van der Waals surface area contributed by atoms with E-state index in [2.05, 4.69) is 29.5 Å². The van der Waals surface area contributed by atoms with Crippen molar-refractivity contribution in [2.45, 2.75) is 64.8 Å². The van der Waals surface area contributed by atoms with Crippen LogP contribution in [0.15, 0.2) is 12.3 Å². The Morgan fingerprint density at radius 3 is 2.71 bits per heavy atom. The summed E-state index contributed by atoms with van der Waals surface area (Å²) >= 11 is 6.38. The Labute approximate surface area is 131 Å². The van der Waals surface area contributed by atoms with Crippen molar-refractivity contribution >= 4 is 22.8 Å². The predicted molar refractivity (Wildman–Crippen MR) is 87.7 cm³/mol. The lowest BCUT2D eigenvalue weighted by Gasteiger charge is -2.29. The molecular weight excluding hydrogens is 282 g/mol. The minimum absolute atomic E-state index is 0.0881. The van der Waals surface area contributed by atoms with Gasteiger partial charge < -0.3 is 4.57 Å². The van der Waals surface area contributed by atoms with E-state index < -0.39 is 0 Å². The number of rotatable bonds is 4. The molecule has 2 aromatic rings. The highest BCUT2D eigenvalue weighted by molar-refractivity contribution is 6.20. The molecule has 0 bridgehead atoms. The average molecular weight is 306 g/mol. The fourth-order valence-electron chi connectivity index (χ4n) is 3.67. The highest BCUT2D eigenvalue weighted by atomic mass is 35.5. The number of hydrogen-bond acceptors (Lipinski definition) is 2. The molecule has 0 spiro atoms. The van der Waals surface area contributed by atoms with Crippen LogP contribution in [0.2, 0.25) is 0 Å². The summed E-state index contributed by atoms with van der Waals surface area (Å²) in [5, 5.41) is -0.0881. The third-order valence-electron chi connectivity index (χ3n) is 5.01. The van der Waals surface area contributed by atoms with Crippen molar-refractivity contribution in [3.63, 3.8) is 0 Å². The molecule has 1 fully saturated rings. The van der Waals surface area contributed by atoms with Crippen molar-refractivity contribution in [3.05, 3.63) is 23.7 Å². The highest BCUT2D eigenvalue weighted by Gasteiger charge is 2.34. The van der Waals surface area contributed by atoms with Crippen LogP contribution >= 0.6 is 11.6 Å². The molecule has 2 aromatic heterocycles. The Kier molecular flexibility index (Phi) is 3.96. The molecule has 0 N–H and O–H groups in total. The topological polar surface area (TPSA) is 30.7 Å². The summed E-state index contributed by atoms with van der Waals surface area (Å²) < 4.78 is 2.28. The van der Waals surface area contributed by atoms with Crippen molar-refractivity contribution in [2.75, 3.05) is 0 Å². The Morgan fingerprint density at radius 1 is 1.38 bits per heavy atom. The average Bonchev–Trinajstić information content (AvgIpc) is 3.05. The highest BCUT2D eigenvalue weighted by Crippen LogP contribution is 2.43. The van der Waals surface area contributed by atoms with Crippen LogP contribution in [0.25, 0.3) is 11.2 Å². The first-order valence-corrected chi connectivity index (χ1v) is 8.45. The number of pyridine rings is 1. The van der Waals surface area contributed by atoms with E-state index in [1.807, 2.05) is 13.1 Å². The Hall–Kier alpha value is -1.09. The molecule has 1 aliphatic carbocycles. The number of aryl methyl sites for hydroxylation is 1. The van der Waals surface area contributed by atoms with E-state index in [-0.39, 0.29) is 5.38 Å². The fourth-order valence-corrected chi connectivity index (χ4v) is 3.84. The zero-order valence-electron chi connectivity index (χ0n) is 13.2. The zero-order valence-corrected chi connectivity index (χ0v) is 14.0. The van der Waals surface area contributed by atoms with Gasteiger partial charge in [-0.3, -0.25) is 0 Å². The maximum absolute atomic E-state index is 6.38. The largest absolute Gasteiger partial charge is 0.311 e. The lowest BCUT2D eigenvalue weighted by Crippen LogP contribution is -2.24. The third kappa shape index (κ3) is 2.68. The van der Waals surface area contributed by atoms with Crippen LogP contribution in [-0.4, -0.2) is 14.5 Å². The molecule has 1 saturated carbocycles. The molecular formula is C17H24ClN3. The van der Waals surface area contributed by atoms with E-state index in [1.165, 1.54) is 32.1 Å². The molecule has 1 atom stereocenters.